The molecule has 12 nitrogen and oxygen atoms in total. The van der Waals surface area contributed by atoms with Crippen LogP contribution in [0.25, 0.3) is 0 Å². The van der Waals surface area contributed by atoms with Crippen molar-refractivity contribution in [2.24, 2.45) is 11.5 Å². The molecule has 0 spiro atoms. The minimum atomic E-state index is -1.29. The lowest BCUT2D eigenvalue weighted by Gasteiger charge is -2.49. The molecule has 0 aromatic rings. The predicted octanol–water partition coefficient (Wildman–Crippen LogP) is -3.29. The van der Waals surface area contributed by atoms with Crippen molar-refractivity contribution in [3.05, 3.63) is 0 Å². The molecule has 1 aliphatic carbocycles. The monoisotopic (exact) mass is 478 g/mol. The Kier molecular flexibility index (Phi) is 9.45. The third-order valence-corrected chi connectivity index (χ3v) is 6.92. The largest absolute Gasteiger partial charge is 0.394 e. The first kappa shape index (κ1) is 27.1. The highest BCUT2D eigenvalue weighted by Crippen LogP contribution is 2.32. The SMILES string of the molecule is CCN[C@H]1[C@H](O[C@H]2OC[C@](C)(O)[C@H](NC)[C@H]2O)[C@@H](O)[C@H](O[C@H]2O[C@H](CO)CC[C@H]2N)C[C@H]1N. The van der Waals surface area contributed by atoms with E-state index in [0.717, 1.165) is 0 Å². The van der Waals surface area contributed by atoms with Gasteiger partial charge in [0.25, 0.3) is 0 Å². The maximum atomic E-state index is 11.2. The Labute approximate surface area is 194 Å². The lowest BCUT2D eigenvalue weighted by molar-refractivity contribution is -0.308. The first-order chi connectivity index (χ1) is 15.6. The van der Waals surface area contributed by atoms with Crippen LogP contribution >= 0.6 is 0 Å². The van der Waals surface area contributed by atoms with Gasteiger partial charge in [0, 0.05) is 6.04 Å². The number of nitrogens with one attached hydrogen (secondary N) is 2. The van der Waals surface area contributed by atoms with E-state index in [9.17, 15) is 20.4 Å². The second-order valence-electron chi connectivity index (χ2n) is 9.59. The predicted molar refractivity (Wildman–Crippen MR) is 118 cm³/mol. The fourth-order valence-corrected chi connectivity index (χ4v) is 5.06. The second kappa shape index (κ2) is 11.5. The highest BCUT2D eigenvalue weighted by molar-refractivity contribution is 5.03. The molecule has 12 atom stereocenters. The van der Waals surface area contributed by atoms with Crippen molar-refractivity contribution in [2.75, 3.05) is 26.8 Å². The van der Waals surface area contributed by atoms with Crippen molar-refractivity contribution >= 4 is 0 Å². The molecule has 2 heterocycles. The average Bonchev–Trinajstić information content (AvgIpc) is 2.77. The van der Waals surface area contributed by atoms with Gasteiger partial charge in [-0.1, -0.05) is 6.92 Å². The van der Waals surface area contributed by atoms with Crippen molar-refractivity contribution in [2.45, 2.75) is 106 Å². The molecule has 1 saturated carbocycles. The Morgan fingerprint density at radius 3 is 2.45 bits per heavy atom. The van der Waals surface area contributed by atoms with Gasteiger partial charge in [-0.2, -0.15) is 0 Å². The summed E-state index contributed by atoms with van der Waals surface area (Å²) in [5, 5.41) is 48.1. The molecule has 0 bridgehead atoms. The van der Waals surface area contributed by atoms with Crippen LogP contribution in [0, 0.1) is 0 Å². The van der Waals surface area contributed by atoms with Gasteiger partial charge in [0.05, 0.1) is 43.5 Å². The molecule has 2 aliphatic heterocycles. The summed E-state index contributed by atoms with van der Waals surface area (Å²) in [6.45, 7) is 3.88. The zero-order valence-corrected chi connectivity index (χ0v) is 19.7. The van der Waals surface area contributed by atoms with Gasteiger partial charge in [-0.3, -0.25) is 0 Å². The molecule has 2 saturated heterocycles. The Morgan fingerprint density at radius 1 is 1.09 bits per heavy atom. The average molecular weight is 479 g/mol. The van der Waals surface area contributed by atoms with E-state index in [-0.39, 0.29) is 19.3 Å². The Bertz CT molecular complexity index is 617. The van der Waals surface area contributed by atoms with E-state index >= 15 is 0 Å². The summed E-state index contributed by atoms with van der Waals surface area (Å²) in [5.41, 5.74) is 11.3. The molecule has 194 valence electrons. The molecule has 0 radical (unpaired) electrons. The van der Waals surface area contributed by atoms with Crippen molar-refractivity contribution in [1.82, 2.24) is 10.6 Å². The summed E-state index contributed by atoms with van der Waals surface area (Å²) in [6.07, 6.45) is -4.59. The van der Waals surface area contributed by atoms with E-state index < -0.39 is 66.8 Å². The Hall–Kier alpha value is -0.480. The summed E-state index contributed by atoms with van der Waals surface area (Å²) in [4.78, 5) is 0. The number of nitrogens with two attached hydrogens (primary N) is 2. The molecule has 10 N–H and O–H groups in total. The van der Waals surface area contributed by atoms with Gasteiger partial charge >= 0.3 is 0 Å². The maximum Gasteiger partial charge on any atom is 0.185 e. The van der Waals surface area contributed by atoms with Crippen molar-refractivity contribution in [3.8, 4) is 0 Å². The lowest BCUT2D eigenvalue weighted by atomic mass is 9.83. The molecule has 0 aromatic carbocycles. The van der Waals surface area contributed by atoms with E-state index in [1.807, 2.05) is 6.92 Å². The molecule has 3 fully saturated rings. The lowest BCUT2D eigenvalue weighted by Crippen LogP contribution is -2.69. The third-order valence-electron chi connectivity index (χ3n) is 6.92. The first-order valence-electron chi connectivity index (χ1n) is 11.8. The zero-order chi connectivity index (χ0) is 24.3. The van der Waals surface area contributed by atoms with Crippen molar-refractivity contribution < 1.29 is 39.4 Å². The number of aliphatic hydroxyl groups excluding tert-OH is 3. The number of hydrogen-bond donors (Lipinski definition) is 8. The third kappa shape index (κ3) is 6.02. The number of likely N-dealkylation sites (N-methyl/N-ethyl adjacent to an activating group) is 2. The van der Waals surface area contributed by atoms with Gasteiger partial charge in [0.2, 0.25) is 0 Å². The van der Waals surface area contributed by atoms with E-state index in [0.29, 0.717) is 25.8 Å². The van der Waals surface area contributed by atoms with Crippen LogP contribution in [0.15, 0.2) is 0 Å². The first-order valence-corrected chi connectivity index (χ1v) is 11.8. The minimum Gasteiger partial charge on any atom is -0.394 e. The van der Waals surface area contributed by atoms with Crippen LogP contribution in [0.3, 0.4) is 0 Å². The minimum absolute atomic E-state index is 0.0613. The van der Waals surface area contributed by atoms with Crippen LogP contribution in [0.4, 0.5) is 0 Å². The van der Waals surface area contributed by atoms with E-state index in [1.54, 1.807) is 14.0 Å². The Balaban J connectivity index is 1.74. The van der Waals surface area contributed by atoms with Gasteiger partial charge < -0.3 is 61.5 Å². The summed E-state index contributed by atoms with van der Waals surface area (Å²) in [7, 11) is 1.63. The van der Waals surface area contributed by atoms with Crippen LogP contribution in [-0.2, 0) is 18.9 Å². The summed E-state index contributed by atoms with van der Waals surface area (Å²) < 4.78 is 23.5. The highest BCUT2D eigenvalue weighted by atomic mass is 16.7. The quantitative estimate of drug-likeness (QED) is 0.173. The molecule has 0 unspecified atom stereocenters. The normalized spacial score (nSPS) is 49.2. The summed E-state index contributed by atoms with van der Waals surface area (Å²) >= 11 is 0. The fourth-order valence-electron chi connectivity index (χ4n) is 5.06. The van der Waals surface area contributed by atoms with Gasteiger partial charge in [-0.15, -0.1) is 0 Å². The summed E-state index contributed by atoms with van der Waals surface area (Å²) in [5.74, 6) is 0. The van der Waals surface area contributed by atoms with Crippen molar-refractivity contribution in [1.29, 1.82) is 0 Å². The van der Waals surface area contributed by atoms with Gasteiger partial charge in [-0.05, 0) is 39.8 Å². The number of hydrogen-bond acceptors (Lipinski definition) is 12. The smallest absolute Gasteiger partial charge is 0.185 e. The van der Waals surface area contributed by atoms with Gasteiger partial charge in [0.1, 0.15) is 23.9 Å². The molecular formula is C21H42N4O8. The van der Waals surface area contributed by atoms with Crippen LogP contribution in [0.5, 0.6) is 0 Å². The number of ether oxygens (including phenoxy) is 4. The number of aliphatic hydroxyl groups is 4. The topological polar surface area (TPSA) is 194 Å². The maximum absolute atomic E-state index is 11.2. The van der Waals surface area contributed by atoms with Crippen LogP contribution in [-0.4, -0.2) is 120 Å². The van der Waals surface area contributed by atoms with E-state index in [2.05, 4.69) is 10.6 Å². The zero-order valence-electron chi connectivity index (χ0n) is 19.7. The molecule has 3 rings (SSSR count). The van der Waals surface area contributed by atoms with Crippen LogP contribution < -0.4 is 22.1 Å². The second-order valence-corrected chi connectivity index (χ2v) is 9.59. The summed E-state index contributed by atoms with van der Waals surface area (Å²) in [6, 6.07) is -1.95. The Morgan fingerprint density at radius 2 is 1.82 bits per heavy atom. The van der Waals surface area contributed by atoms with Crippen LogP contribution in [0.1, 0.15) is 33.1 Å². The fraction of sp³-hybridized carbons (Fsp3) is 1.00. The van der Waals surface area contributed by atoms with E-state index in [4.69, 9.17) is 30.4 Å². The highest BCUT2D eigenvalue weighted by Gasteiger charge is 2.51. The molecule has 0 amide bonds. The van der Waals surface area contributed by atoms with Gasteiger partial charge in [0.15, 0.2) is 12.6 Å². The van der Waals surface area contributed by atoms with Crippen LogP contribution in [0.2, 0.25) is 0 Å². The standard InChI is InChI=1S/C21H42N4O8/c1-4-25-14-12(23)7-13(32-19-11(22)6-5-10(8-26)31-19)15(27)17(14)33-20-16(28)18(24-3)21(2,29)9-30-20/h10-20,24-29H,4-9,22-23H2,1-3H3/t10-,11+,12+,13+,14+,15-,16+,17-,18+,19+,20+,21-/m0/s1. The van der Waals surface area contributed by atoms with Crippen molar-refractivity contribution in [3.63, 3.8) is 0 Å². The molecule has 0 aromatic heterocycles. The number of rotatable bonds is 8. The molecular weight excluding hydrogens is 436 g/mol. The molecule has 3 aliphatic rings. The van der Waals surface area contributed by atoms with E-state index in [1.165, 1.54) is 0 Å². The molecule has 12 heteroatoms. The van der Waals surface area contributed by atoms with Gasteiger partial charge in [-0.25, -0.2) is 0 Å². The molecule has 33 heavy (non-hydrogen) atoms.